The van der Waals surface area contributed by atoms with Gasteiger partial charge in [-0.15, -0.1) is 0 Å². The number of unbranched alkanes of at least 4 members (excludes halogenated alkanes) is 7. The smallest absolute Gasteiger partial charge is 0.494 e. The van der Waals surface area contributed by atoms with Crippen molar-refractivity contribution in [2.45, 2.75) is 58.3 Å². The summed E-state index contributed by atoms with van der Waals surface area (Å²) in [5.74, 6) is 0.797. The van der Waals surface area contributed by atoms with Crippen LogP contribution in [0.2, 0.25) is 0 Å². The molecule has 0 N–H and O–H groups in total. The Kier molecular flexibility index (Phi) is 9.13. The fourth-order valence-electron chi connectivity index (χ4n) is 3.80. The number of halogens is 2. The summed E-state index contributed by atoms with van der Waals surface area (Å²) >= 11 is 0. The van der Waals surface area contributed by atoms with E-state index in [0.29, 0.717) is 23.6 Å². The maximum Gasteiger partial charge on any atom is 0.677 e. The third-order valence-corrected chi connectivity index (χ3v) is 5.46. The summed E-state index contributed by atoms with van der Waals surface area (Å²) in [4.78, 5) is 4.35. The number of benzene rings is 1. The van der Waals surface area contributed by atoms with Gasteiger partial charge in [-0.2, -0.15) is 0 Å². The molecule has 0 radical (unpaired) electrons. The third kappa shape index (κ3) is 6.68. The van der Waals surface area contributed by atoms with Crippen molar-refractivity contribution in [1.82, 2.24) is 4.48 Å². The summed E-state index contributed by atoms with van der Waals surface area (Å²) in [6.07, 6.45) is 16.8. The first-order valence-corrected chi connectivity index (χ1v) is 11.3. The Bertz CT molecular complexity index is 887. The van der Waals surface area contributed by atoms with Crippen molar-refractivity contribution < 1.29 is 13.4 Å². The standard InChI is InChI=1S/C25H31BF2N2O/c1-2-3-4-5-6-7-8-9-20-31-22-16-14-21(15-17-22)25(23-12-10-18-29-23)24-13-11-19-30(24)26(27)28/h10-19H,2-9,20H2,1H3/b25-23+. The highest BCUT2D eigenvalue weighted by Crippen LogP contribution is 2.31. The van der Waals surface area contributed by atoms with Gasteiger partial charge in [0.2, 0.25) is 0 Å². The van der Waals surface area contributed by atoms with E-state index in [1.54, 1.807) is 18.3 Å². The van der Waals surface area contributed by atoms with E-state index < -0.39 is 7.40 Å². The van der Waals surface area contributed by atoms with Crippen LogP contribution in [0.25, 0.3) is 5.57 Å². The Labute approximate surface area is 184 Å². The SMILES string of the molecule is CCCCCCCCCCOc1ccc(/C(=C2/C=CC=N2)c2cccn2B(F)F)cc1. The fraction of sp³-hybridized carbons (Fsp3) is 0.400. The maximum absolute atomic E-state index is 13.5. The number of hydrogen-bond acceptors (Lipinski definition) is 2. The number of nitrogens with zero attached hydrogens (tertiary/aromatic N) is 2. The number of hydrogen-bond donors (Lipinski definition) is 0. The van der Waals surface area contributed by atoms with E-state index in [1.807, 2.05) is 36.4 Å². The zero-order chi connectivity index (χ0) is 21.9. The quantitative estimate of drug-likeness (QED) is 0.247. The van der Waals surface area contributed by atoms with Crippen molar-refractivity contribution in [3.63, 3.8) is 0 Å². The molecule has 0 amide bonds. The maximum atomic E-state index is 13.5. The van der Waals surface area contributed by atoms with Crippen LogP contribution in [-0.2, 0) is 0 Å². The van der Waals surface area contributed by atoms with Gasteiger partial charge in [-0.1, -0.05) is 64.0 Å². The summed E-state index contributed by atoms with van der Waals surface area (Å²) in [5, 5.41) is 0. The van der Waals surface area contributed by atoms with Crippen LogP contribution in [0.1, 0.15) is 69.5 Å². The lowest BCUT2D eigenvalue weighted by Gasteiger charge is -2.13. The third-order valence-electron chi connectivity index (χ3n) is 5.46. The number of ether oxygens (including phenoxy) is 1. The van der Waals surface area contributed by atoms with Crippen LogP contribution in [-0.4, -0.2) is 24.7 Å². The van der Waals surface area contributed by atoms with Gasteiger partial charge in [0, 0.05) is 17.5 Å². The van der Waals surface area contributed by atoms with Crippen LogP contribution in [0.3, 0.4) is 0 Å². The highest BCUT2D eigenvalue weighted by atomic mass is 19.2. The van der Waals surface area contributed by atoms with Crippen LogP contribution < -0.4 is 4.74 Å². The van der Waals surface area contributed by atoms with Crippen LogP contribution in [0.15, 0.2) is 65.4 Å². The predicted molar refractivity (Wildman–Crippen MR) is 126 cm³/mol. The van der Waals surface area contributed by atoms with E-state index in [9.17, 15) is 8.63 Å². The molecular weight excluding hydrogens is 393 g/mol. The molecule has 2 aromatic rings. The normalized spacial score (nSPS) is 14.3. The van der Waals surface area contributed by atoms with Crippen molar-refractivity contribution in [3.05, 3.63) is 71.7 Å². The Morgan fingerprint density at radius 3 is 2.32 bits per heavy atom. The van der Waals surface area contributed by atoms with Gasteiger partial charge in [0.25, 0.3) is 0 Å². The van der Waals surface area contributed by atoms with E-state index in [-0.39, 0.29) is 0 Å². The zero-order valence-corrected chi connectivity index (χ0v) is 18.3. The average molecular weight is 424 g/mol. The Balaban J connectivity index is 1.58. The Morgan fingerprint density at radius 2 is 1.68 bits per heavy atom. The summed E-state index contributed by atoms with van der Waals surface area (Å²) in [5.41, 5.74) is 2.64. The molecule has 1 aromatic heterocycles. The van der Waals surface area contributed by atoms with Crippen LogP contribution in [0.5, 0.6) is 5.75 Å². The molecule has 1 aliphatic rings. The van der Waals surface area contributed by atoms with Crippen molar-refractivity contribution in [1.29, 1.82) is 0 Å². The molecule has 31 heavy (non-hydrogen) atoms. The second-order valence-electron chi connectivity index (χ2n) is 7.82. The Hall–Kier alpha value is -2.63. The molecule has 0 unspecified atom stereocenters. The lowest BCUT2D eigenvalue weighted by atomic mass is 9.98. The molecule has 0 atom stereocenters. The fourth-order valence-corrected chi connectivity index (χ4v) is 3.80. The minimum absolute atomic E-state index is 0.446. The van der Waals surface area contributed by atoms with Crippen LogP contribution >= 0.6 is 0 Å². The summed E-state index contributed by atoms with van der Waals surface area (Å²) in [6, 6.07) is 11.0. The molecule has 0 fully saturated rings. The van der Waals surface area contributed by atoms with E-state index >= 15 is 0 Å². The van der Waals surface area contributed by atoms with Crippen molar-refractivity contribution in [2.24, 2.45) is 4.99 Å². The van der Waals surface area contributed by atoms with Crippen molar-refractivity contribution in [3.8, 4) is 5.75 Å². The molecule has 0 bridgehead atoms. The highest BCUT2D eigenvalue weighted by molar-refractivity contribution is 6.41. The summed E-state index contributed by atoms with van der Waals surface area (Å²) < 4.78 is 33.8. The molecule has 1 aromatic carbocycles. The molecule has 3 nitrogen and oxygen atoms in total. The second kappa shape index (κ2) is 12.3. The molecule has 3 rings (SSSR count). The van der Waals surface area contributed by atoms with Gasteiger partial charge in [-0.05, 0) is 54.6 Å². The van der Waals surface area contributed by atoms with Gasteiger partial charge in [-0.3, -0.25) is 13.6 Å². The number of rotatable bonds is 13. The van der Waals surface area contributed by atoms with Crippen molar-refractivity contribution >= 4 is 19.2 Å². The molecule has 0 aliphatic carbocycles. The topological polar surface area (TPSA) is 26.5 Å². The highest BCUT2D eigenvalue weighted by Gasteiger charge is 2.23. The largest absolute Gasteiger partial charge is 0.677 e. The van der Waals surface area contributed by atoms with Gasteiger partial charge >= 0.3 is 7.40 Å². The zero-order valence-electron chi connectivity index (χ0n) is 18.3. The minimum atomic E-state index is -2.61. The molecule has 0 spiro atoms. The summed E-state index contributed by atoms with van der Waals surface area (Å²) in [6.45, 7) is 2.94. The number of aliphatic imine (C=N–C) groups is 1. The van der Waals surface area contributed by atoms with Crippen LogP contribution in [0, 0.1) is 0 Å². The second-order valence-corrected chi connectivity index (χ2v) is 7.82. The Morgan fingerprint density at radius 1 is 0.968 bits per heavy atom. The predicted octanol–water partition coefficient (Wildman–Crippen LogP) is 7.18. The monoisotopic (exact) mass is 424 g/mol. The molecule has 0 saturated heterocycles. The molecule has 6 heteroatoms. The lowest BCUT2D eigenvalue weighted by molar-refractivity contribution is 0.304. The van der Waals surface area contributed by atoms with Crippen molar-refractivity contribution in [2.75, 3.05) is 6.61 Å². The van der Waals surface area contributed by atoms with Gasteiger partial charge in [0.15, 0.2) is 0 Å². The van der Waals surface area contributed by atoms with Crippen LogP contribution in [0.4, 0.5) is 8.63 Å². The van der Waals surface area contributed by atoms with Gasteiger partial charge in [-0.25, -0.2) is 0 Å². The molecular formula is C25H31BF2N2O. The molecule has 2 heterocycles. The molecule has 164 valence electrons. The van der Waals surface area contributed by atoms with Gasteiger partial charge in [0.05, 0.1) is 12.3 Å². The summed E-state index contributed by atoms with van der Waals surface area (Å²) in [7, 11) is -2.61. The average Bonchev–Trinajstić information content (AvgIpc) is 3.47. The first kappa shape index (κ1) is 23.0. The van der Waals surface area contributed by atoms with E-state index in [4.69, 9.17) is 4.74 Å². The number of allylic oxidation sites excluding steroid dienone is 2. The number of aromatic nitrogens is 1. The van der Waals surface area contributed by atoms with E-state index in [2.05, 4.69) is 11.9 Å². The minimum Gasteiger partial charge on any atom is -0.494 e. The first-order chi connectivity index (χ1) is 15.2. The lowest BCUT2D eigenvalue weighted by Crippen LogP contribution is -2.15. The molecule has 1 aliphatic heterocycles. The molecule has 0 saturated carbocycles. The van der Waals surface area contributed by atoms with E-state index in [0.717, 1.165) is 22.2 Å². The first-order valence-electron chi connectivity index (χ1n) is 11.3. The van der Waals surface area contributed by atoms with E-state index in [1.165, 1.54) is 51.1 Å². The van der Waals surface area contributed by atoms with Gasteiger partial charge < -0.3 is 9.21 Å². The van der Waals surface area contributed by atoms with Gasteiger partial charge in [0.1, 0.15) is 5.75 Å².